The van der Waals surface area contributed by atoms with Crippen LogP contribution in [0.1, 0.15) is 18.5 Å². The van der Waals surface area contributed by atoms with E-state index < -0.39 is 6.61 Å². The first-order chi connectivity index (χ1) is 9.54. The molecule has 0 fully saturated rings. The molecular formula is C15H14F2INO. The minimum Gasteiger partial charge on any atom is -0.435 e. The van der Waals surface area contributed by atoms with E-state index in [4.69, 9.17) is 0 Å². The zero-order valence-corrected chi connectivity index (χ0v) is 13.0. The number of hydrogen-bond donors (Lipinski definition) is 1. The summed E-state index contributed by atoms with van der Waals surface area (Å²) in [6, 6.07) is 14.8. The van der Waals surface area contributed by atoms with Crippen molar-refractivity contribution in [3.05, 3.63) is 57.7 Å². The topological polar surface area (TPSA) is 21.3 Å². The Labute approximate surface area is 130 Å². The van der Waals surface area contributed by atoms with Crippen LogP contribution in [0.5, 0.6) is 5.75 Å². The van der Waals surface area contributed by atoms with Crippen LogP contribution in [0.3, 0.4) is 0 Å². The molecule has 2 aromatic rings. The largest absolute Gasteiger partial charge is 0.435 e. The first kappa shape index (κ1) is 15.0. The van der Waals surface area contributed by atoms with Gasteiger partial charge >= 0.3 is 6.61 Å². The molecule has 0 bridgehead atoms. The van der Waals surface area contributed by atoms with Crippen LogP contribution in [-0.4, -0.2) is 6.61 Å². The van der Waals surface area contributed by atoms with Crippen molar-refractivity contribution in [2.24, 2.45) is 0 Å². The van der Waals surface area contributed by atoms with Crippen molar-refractivity contribution in [2.75, 3.05) is 5.32 Å². The van der Waals surface area contributed by atoms with Gasteiger partial charge in [0.05, 0.1) is 0 Å². The van der Waals surface area contributed by atoms with Gasteiger partial charge in [0.1, 0.15) is 5.75 Å². The Morgan fingerprint density at radius 2 is 1.60 bits per heavy atom. The lowest BCUT2D eigenvalue weighted by Gasteiger charge is -2.16. The number of ether oxygens (including phenoxy) is 1. The summed E-state index contributed by atoms with van der Waals surface area (Å²) in [5.74, 6) is 0.171. The molecule has 0 radical (unpaired) electrons. The highest BCUT2D eigenvalue weighted by atomic mass is 127. The molecule has 0 aliphatic carbocycles. The van der Waals surface area contributed by atoms with E-state index in [0.29, 0.717) is 0 Å². The summed E-state index contributed by atoms with van der Waals surface area (Å²) >= 11 is 2.25. The van der Waals surface area contributed by atoms with Gasteiger partial charge in [0, 0.05) is 15.3 Å². The molecule has 106 valence electrons. The van der Waals surface area contributed by atoms with E-state index in [1.165, 1.54) is 3.57 Å². The van der Waals surface area contributed by atoms with Gasteiger partial charge in [-0.1, -0.05) is 12.1 Å². The smallest absolute Gasteiger partial charge is 0.387 e. The Bertz CT molecular complexity index is 543. The summed E-state index contributed by atoms with van der Waals surface area (Å²) in [5, 5.41) is 3.35. The number of halogens is 3. The van der Waals surface area contributed by atoms with E-state index in [-0.39, 0.29) is 11.8 Å². The van der Waals surface area contributed by atoms with Crippen LogP contribution in [0.15, 0.2) is 48.5 Å². The summed E-state index contributed by atoms with van der Waals surface area (Å²) in [5.41, 5.74) is 2.02. The highest BCUT2D eigenvalue weighted by Gasteiger charge is 2.07. The van der Waals surface area contributed by atoms with E-state index in [2.05, 4.69) is 32.6 Å². The van der Waals surface area contributed by atoms with Gasteiger partial charge in [-0.05, 0) is 71.5 Å². The SMILES string of the molecule is CC(Nc1ccc(I)cc1)c1ccc(OC(F)F)cc1. The third-order valence-electron chi connectivity index (χ3n) is 2.83. The van der Waals surface area contributed by atoms with Gasteiger partial charge in [-0.15, -0.1) is 0 Å². The fourth-order valence-corrected chi connectivity index (χ4v) is 2.18. The second-order valence-electron chi connectivity index (χ2n) is 4.32. The Hall–Kier alpha value is -1.37. The van der Waals surface area contributed by atoms with Crippen LogP contribution in [-0.2, 0) is 0 Å². The lowest BCUT2D eigenvalue weighted by Crippen LogP contribution is -2.07. The van der Waals surface area contributed by atoms with Gasteiger partial charge in [0.25, 0.3) is 0 Å². The first-order valence-electron chi connectivity index (χ1n) is 6.11. The minimum atomic E-state index is -2.79. The van der Waals surface area contributed by atoms with Gasteiger partial charge in [0.15, 0.2) is 0 Å². The molecule has 0 saturated carbocycles. The Morgan fingerprint density at radius 1 is 1.00 bits per heavy atom. The lowest BCUT2D eigenvalue weighted by molar-refractivity contribution is -0.0498. The quantitative estimate of drug-likeness (QED) is 0.722. The second kappa shape index (κ2) is 6.88. The minimum absolute atomic E-state index is 0.0793. The van der Waals surface area contributed by atoms with Crippen LogP contribution < -0.4 is 10.1 Å². The van der Waals surface area contributed by atoms with E-state index in [1.54, 1.807) is 24.3 Å². The molecule has 2 aromatic carbocycles. The first-order valence-corrected chi connectivity index (χ1v) is 7.19. The summed E-state index contributed by atoms with van der Waals surface area (Å²) in [7, 11) is 0. The molecule has 0 aromatic heterocycles. The summed E-state index contributed by atoms with van der Waals surface area (Å²) in [6.07, 6.45) is 0. The van der Waals surface area contributed by atoms with Crippen molar-refractivity contribution in [3.8, 4) is 5.75 Å². The molecule has 0 saturated heterocycles. The molecule has 0 aliphatic heterocycles. The van der Waals surface area contributed by atoms with Gasteiger partial charge in [-0.2, -0.15) is 8.78 Å². The molecule has 1 unspecified atom stereocenters. The van der Waals surface area contributed by atoms with E-state index >= 15 is 0 Å². The third-order valence-corrected chi connectivity index (χ3v) is 3.55. The average Bonchev–Trinajstić information content (AvgIpc) is 2.41. The van der Waals surface area contributed by atoms with Gasteiger partial charge in [-0.25, -0.2) is 0 Å². The zero-order valence-electron chi connectivity index (χ0n) is 10.8. The van der Waals surface area contributed by atoms with Gasteiger partial charge in [0.2, 0.25) is 0 Å². The van der Waals surface area contributed by atoms with Gasteiger partial charge < -0.3 is 10.1 Å². The van der Waals surface area contributed by atoms with Gasteiger partial charge in [-0.3, -0.25) is 0 Å². The predicted molar refractivity (Wildman–Crippen MR) is 84.3 cm³/mol. The second-order valence-corrected chi connectivity index (χ2v) is 5.57. The average molecular weight is 389 g/mol. The van der Waals surface area contributed by atoms with Crippen molar-refractivity contribution in [3.63, 3.8) is 0 Å². The van der Waals surface area contributed by atoms with Crippen LogP contribution in [0.2, 0.25) is 0 Å². The summed E-state index contributed by atoms with van der Waals surface area (Å²) in [6.45, 7) is -0.774. The highest BCUT2D eigenvalue weighted by molar-refractivity contribution is 14.1. The number of anilines is 1. The van der Waals surface area contributed by atoms with Crippen LogP contribution in [0.4, 0.5) is 14.5 Å². The van der Waals surface area contributed by atoms with E-state index in [9.17, 15) is 8.78 Å². The number of rotatable bonds is 5. The molecule has 20 heavy (non-hydrogen) atoms. The van der Waals surface area contributed by atoms with Crippen LogP contribution >= 0.6 is 22.6 Å². The standard InChI is InChI=1S/C15H14F2INO/c1-10(19-13-6-4-12(18)5-7-13)11-2-8-14(9-3-11)20-15(16)17/h2-10,15,19H,1H3. The Morgan fingerprint density at radius 3 is 2.15 bits per heavy atom. The van der Waals surface area contributed by atoms with Crippen molar-refractivity contribution >= 4 is 28.3 Å². The maximum absolute atomic E-state index is 12.1. The molecule has 2 rings (SSSR count). The number of hydrogen-bond acceptors (Lipinski definition) is 2. The normalized spacial score (nSPS) is 12.2. The molecule has 0 spiro atoms. The maximum atomic E-state index is 12.1. The molecular weight excluding hydrogens is 375 g/mol. The van der Waals surface area contributed by atoms with Crippen LogP contribution in [0.25, 0.3) is 0 Å². The molecule has 0 heterocycles. The predicted octanol–water partition coefficient (Wildman–Crippen LogP) is 5.07. The molecule has 5 heteroatoms. The zero-order chi connectivity index (χ0) is 14.5. The summed E-state index contributed by atoms with van der Waals surface area (Å²) < 4.78 is 29.6. The van der Waals surface area contributed by atoms with Crippen molar-refractivity contribution in [2.45, 2.75) is 19.6 Å². The fourth-order valence-electron chi connectivity index (χ4n) is 1.82. The molecule has 0 aliphatic rings. The highest BCUT2D eigenvalue weighted by Crippen LogP contribution is 2.22. The number of benzene rings is 2. The van der Waals surface area contributed by atoms with Crippen molar-refractivity contribution < 1.29 is 13.5 Å². The van der Waals surface area contributed by atoms with E-state index in [1.807, 2.05) is 31.2 Å². The Balaban J connectivity index is 2.01. The molecule has 0 amide bonds. The fraction of sp³-hybridized carbons (Fsp3) is 0.200. The Kier molecular flexibility index (Phi) is 5.17. The summed E-state index contributed by atoms with van der Waals surface area (Å²) in [4.78, 5) is 0. The van der Waals surface area contributed by atoms with E-state index in [0.717, 1.165) is 11.3 Å². The number of alkyl halides is 2. The lowest BCUT2D eigenvalue weighted by atomic mass is 10.1. The molecule has 2 nitrogen and oxygen atoms in total. The van der Waals surface area contributed by atoms with Crippen molar-refractivity contribution in [1.29, 1.82) is 0 Å². The van der Waals surface area contributed by atoms with Crippen LogP contribution in [0, 0.1) is 3.57 Å². The monoisotopic (exact) mass is 389 g/mol. The third kappa shape index (κ3) is 4.33. The maximum Gasteiger partial charge on any atom is 0.387 e. The van der Waals surface area contributed by atoms with Crippen molar-refractivity contribution in [1.82, 2.24) is 0 Å². The molecule has 1 atom stereocenters. The number of nitrogens with one attached hydrogen (secondary N) is 1. The molecule has 1 N–H and O–H groups in total.